The predicted octanol–water partition coefficient (Wildman–Crippen LogP) is 2.72. The third-order valence-corrected chi connectivity index (χ3v) is 8.29. The van der Waals surface area contributed by atoms with Crippen molar-refractivity contribution in [3.05, 3.63) is 24.3 Å². The molecule has 1 aromatic rings. The third kappa shape index (κ3) is 4.40. The van der Waals surface area contributed by atoms with Crippen molar-refractivity contribution in [2.75, 3.05) is 18.5 Å². The largest absolute Gasteiger partial charge is 0.494 e. The molecule has 1 spiro atoms. The fraction of sp³-hybridized carbons (Fsp3) is 0.679. The summed E-state index contributed by atoms with van der Waals surface area (Å²) in [6, 6.07) is 5.60. The van der Waals surface area contributed by atoms with E-state index in [1.165, 1.54) is 4.90 Å². The van der Waals surface area contributed by atoms with Gasteiger partial charge in [0.05, 0.1) is 36.7 Å². The van der Waals surface area contributed by atoms with Crippen LogP contribution < -0.4 is 15.4 Å². The monoisotopic (exact) mass is 515 g/mol. The number of carbonyl (C=O) groups excluding carboxylic acids is 3. The summed E-state index contributed by atoms with van der Waals surface area (Å²) in [5, 5.41) is 16.1. The van der Waals surface area contributed by atoms with Crippen LogP contribution in [0.25, 0.3) is 0 Å². The number of hydrogen-bond donors (Lipinski definition) is 3. The first-order chi connectivity index (χ1) is 17.3. The number of anilines is 1. The average molecular weight is 516 g/mol. The molecular formula is C28H41N3O6. The summed E-state index contributed by atoms with van der Waals surface area (Å²) in [7, 11) is 0. The Kier molecular flexibility index (Phi) is 7.09. The van der Waals surface area contributed by atoms with E-state index in [1.54, 1.807) is 24.3 Å². The van der Waals surface area contributed by atoms with Gasteiger partial charge in [-0.2, -0.15) is 0 Å². The second-order valence-corrected chi connectivity index (χ2v) is 11.9. The molecule has 9 heteroatoms. The number of rotatable bonds is 8. The molecule has 37 heavy (non-hydrogen) atoms. The maximum atomic E-state index is 14.1. The van der Waals surface area contributed by atoms with Gasteiger partial charge in [0.2, 0.25) is 17.7 Å². The number of nitrogens with one attached hydrogen (secondary N) is 2. The maximum Gasteiger partial charge on any atom is 0.246 e. The Balaban J connectivity index is 1.73. The van der Waals surface area contributed by atoms with E-state index in [0.29, 0.717) is 30.9 Å². The normalized spacial score (nSPS) is 33.3. The van der Waals surface area contributed by atoms with Crippen LogP contribution in [-0.4, -0.2) is 69.8 Å². The highest BCUT2D eigenvalue weighted by Gasteiger charge is 2.80. The fourth-order valence-corrected chi connectivity index (χ4v) is 6.64. The molecule has 3 N–H and O–H groups in total. The van der Waals surface area contributed by atoms with Crippen LogP contribution in [0.5, 0.6) is 5.75 Å². The second-order valence-electron chi connectivity index (χ2n) is 11.9. The number of likely N-dealkylation sites (tertiary alicyclic amines) is 1. The van der Waals surface area contributed by atoms with Gasteiger partial charge in [0.15, 0.2) is 0 Å². The number of carbonyl (C=O) groups is 3. The van der Waals surface area contributed by atoms with Gasteiger partial charge < -0.3 is 30.1 Å². The molecule has 3 amide bonds. The van der Waals surface area contributed by atoms with Crippen LogP contribution in [0.3, 0.4) is 0 Å². The van der Waals surface area contributed by atoms with E-state index in [4.69, 9.17) is 9.47 Å². The number of amides is 3. The molecule has 7 atom stereocenters. The lowest BCUT2D eigenvalue weighted by Gasteiger charge is -2.38. The number of hydrogen-bond acceptors (Lipinski definition) is 6. The van der Waals surface area contributed by atoms with Crippen LogP contribution in [0, 0.1) is 17.8 Å². The summed E-state index contributed by atoms with van der Waals surface area (Å²) in [6.07, 6.45) is 0.952. The Bertz CT molecular complexity index is 1050. The first kappa shape index (κ1) is 27.4. The summed E-state index contributed by atoms with van der Waals surface area (Å²) < 4.78 is 12.2. The number of nitrogens with zero attached hydrogens (tertiary/aromatic N) is 1. The van der Waals surface area contributed by atoms with Crippen molar-refractivity contribution in [1.82, 2.24) is 10.2 Å². The molecule has 3 aliphatic rings. The van der Waals surface area contributed by atoms with E-state index in [0.717, 1.165) is 0 Å². The Labute approximate surface area is 219 Å². The minimum absolute atomic E-state index is 0.0632. The highest BCUT2D eigenvalue weighted by Crippen LogP contribution is 2.65. The standard InChI is InChI=1S/C28H41N3O6/c1-8-18(15-32)31-22(24(34)30-26(4,5)6)28-14-16(3)27(7,37-28)20(21(28)25(31)35)23(33)29-17-10-12-19(13-11-17)36-9-2/h10-13,16,18,20-22,32H,8-9,14-15H2,1-7H3,(H,29,33)(H,30,34)/t16?,18-,20-,21-,22?,27+,28?/m0/s1. The van der Waals surface area contributed by atoms with Crippen LogP contribution >= 0.6 is 0 Å². The summed E-state index contributed by atoms with van der Waals surface area (Å²) in [5.41, 5.74) is -2.00. The second kappa shape index (κ2) is 9.58. The summed E-state index contributed by atoms with van der Waals surface area (Å²) in [5.74, 6) is -1.92. The first-order valence-corrected chi connectivity index (χ1v) is 13.3. The molecule has 2 bridgehead atoms. The fourth-order valence-electron chi connectivity index (χ4n) is 6.64. The van der Waals surface area contributed by atoms with Gasteiger partial charge in [-0.25, -0.2) is 0 Å². The van der Waals surface area contributed by atoms with E-state index < -0.39 is 40.7 Å². The molecule has 0 radical (unpaired) electrons. The molecule has 4 rings (SSSR count). The van der Waals surface area contributed by atoms with Gasteiger partial charge in [-0.05, 0) is 77.6 Å². The van der Waals surface area contributed by atoms with E-state index in [9.17, 15) is 19.5 Å². The third-order valence-electron chi connectivity index (χ3n) is 8.29. The Morgan fingerprint density at radius 1 is 1.22 bits per heavy atom. The lowest BCUT2D eigenvalue weighted by Crippen LogP contribution is -2.60. The number of benzene rings is 1. The zero-order chi connectivity index (χ0) is 27.3. The van der Waals surface area contributed by atoms with Gasteiger partial charge in [0.1, 0.15) is 17.4 Å². The van der Waals surface area contributed by atoms with Crippen molar-refractivity contribution in [2.24, 2.45) is 17.8 Å². The van der Waals surface area contributed by atoms with Crippen molar-refractivity contribution in [3.8, 4) is 5.75 Å². The lowest BCUT2D eigenvalue weighted by atomic mass is 9.62. The van der Waals surface area contributed by atoms with Gasteiger partial charge in [0.25, 0.3) is 0 Å². The number of aliphatic hydroxyl groups excluding tert-OH is 1. The van der Waals surface area contributed by atoms with Crippen molar-refractivity contribution in [1.29, 1.82) is 0 Å². The maximum absolute atomic E-state index is 14.1. The van der Waals surface area contributed by atoms with Crippen molar-refractivity contribution < 1.29 is 29.0 Å². The average Bonchev–Trinajstić information content (AvgIpc) is 3.32. The molecule has 9 nitrogen and oxygen atoms in total. The van der Waals surface area contributed by atoms with E-state index in [2.05, 4.69) is 10.6 Å². The van der Waals surface area contributed by atoms with E-state index in [-0.39, 0.29) is 30.2 Å². The number of ether oxygens (including phenoxy) is 2. The van der Waals surface area contributed by atoms with Crippen molar-refractivity contribution in [2.45, 2.75) is 90.1 Å². The zero-order valence-corrected chi connectivity index (χ0v) is 23.0. The highest BCUT2D eigenvalue weighted by atomic mass is 16.5. The molecule has 3 aliphatic heterocycles. The molecule has 0 aliphatic carbocycles. The molecule has 3 fully saturated rings. The van der Waals surface area contributed by atoms with Gasteiger partial charge >= 0.3 is 0 Å². The first-order valence-electron chi connectivity index (χ1n) is 13.3. The van der Waals surface area contributed by atoms with Crippen molar-refractivity contribution in [3.63, 3.8) is 0 Å². The van der Waals surface area contributed by atoms with Gasteiger partial charge in [-0.3, -0.25) is 14.4 Å². The molecule has 3 unspecified atom stereocenters. The van der Waals surface area contributed by atoms with E-state index >= 15 is 0 Å². The molecule has 1 aromatic carbocycles. The zero-order valence-electron chi connectivity index (χ0n) is 23.0. The molecule has 0 saturated carbocycles. The van der Waals surface area contributed by atoms with E-state index in [1.807, 2.05) is 48.5 Å². The Morgan fingerprint density at radius 2 is 1.86 bits per heavy atom. The lowest BCUT2D eigenvalue weighted by molar-refractivity contribution is -0.150. The summed E-state index contributed by atoms with van der Waals surface area (Å²) >= 11 is 0. The molecule has 3 heterocycles. The van der Waals surface area contributed by atoms with Crippen LogP contribution in [0.4, 0.5) is 5.69 Å². The SMILES string of the molecule is CCOc1ccc(NC(=O)[C@@H]2[C@H]3C(=O)N([C@@H](CC)CO)C(C(=O)NC(C)(C)C)C34CC(C)[C@@]2(C)O4)cc1. The molecule has 3 saturated heterocycles. The highest BCUT2D eigenvalue weighted by molar-refractivity contribution is 6.02. The number of aliphatic hydroxyl groups is 1. The van der Waals surface area contributed by atoms with Crippen LogP contribution in [0.1, 0.15) is 61.3 Å². The molecular weight excluding hydrogens is 474 g/mol. The topological polar surface area (TPSA) is 117 Å². The molecule has 0 aromatic heterocycles. The predicted molar refractivity (Wildman–Crippen MR) is 139 cm³/mol. The van der Waals surface area contributed by atoms with Crippen molar-refractivity contribution >= 4 is 23.4 Å². The quantitative estimate of drug-likeness (QED) is 0.490. The summed E-state index contributed by atoms with van der Waals surface area (Å²) in [6.45, 7) is 13.6. The van der Waals surface area contributed by atoms with Crippen LogP contribution in [0.2, 0.25) is 0 Å². The number of fused-ring (bicyclic) bond motifs is 1. The smallest absolute Gasteiger partial charge is 0.246 e. The Hall–Kier alpha value is -2.65. The van der Waals surface area contributed by atoms with Gasteiger partial charge in [0, 0.05) is 11.2 Å². The summed E-state index contributed by atoms with van der Waals surface area (Å²) in [4.78, 5) is 43.2. The van der Waals surface area contributed by atoms with Gasteiger partial charge in [-0.1, -0.05) is 13.8 Å². The van der Waals surface area contributed by atoms with Crippen LogP contribution in [0.15, 0.2) is 24.3 Å². The van der Waals surface area contributed by atoms with Gasteiger partial charge in [-0.15, -0.1) is 0 Å². The van der Waals surface area contributed by atoms with Crippen LogP contribution in [-0.2, 0) is 19.1 Å². The minimum Gasteiger partial charge on any atom is -0.494 e. The molecule has 204 valence electrons. The minimum atomic E-state index is -1.15. The Morgan fingerprint density at radius 3 is 2.41 bits per heavy atom.